The number of ketones is 1. The van der Waals surface area contributed by atoms with Crippen LogP contribution in [0, 0.1) is 11.8 Å². The molecule has 1 aromatic carbocycles. The number of fused-ring (bicyclic) bond motifs is 1. The standard InChI is InChI=1S/C21H26O5/c1-12(2)4-9-15-17(25-3)10-18-19(20(15)23)21(24)16(11-26-18)13-5-7-14(22)8-6-13/h4-8,11,15,17-20,22-23H,9-10H2,1-3H3. The zero-order valence-corrected chi connectivity index (χ0v) is 15.4. The molecule has 0 amide bonds. The number of phenolic OH excluding ortho intramolecular Hbond substituents is 1. The third kappa shape index (κ3) is 3.55. The highest BCUT2D eigenvalue weighted by atomic mass is 16.5. The lowest BCUT2D eigenvalue weighted by Gasteiger charge is -2.44. The fourth-order valence-electron chi connectivity index (χ4n) is 3.90. The van der Waals surface area contributed by atoms with E-state index in [0.29, 0.717) is 24.0 Å². The number of aliphatic hydroxyl groups is 1. The molecule has 1 aromatic rings. The van der Waals surface area contributed by atoms with Crippen molar-refractivity contribution in [1.82, 2.24) is 0 Å². The summed E-state index contributed by atoms with van der Waals surface area (Å²) in [5.74, 6) is -0.733. The second-order valence-electron chi connectivity index (χ2n) is 7.32. The first-order chi connectivity index (χ1) is 12.4. The van der Waals surface area contributed by atoms with E-state index in [1.54, 1.807) is 19.2 Å². The Hall–Kier alpha value is -2.11. The maximum absolute atomic E-state index is 13.1. The Morgan fingerprint density at radius 2 is 2.00 bits per heavy atom. The van der Waals surface area contributed by atoms with Crippen molar-refractivity contribution in [3.05, 3.63) is 47.7 Å². The van der Waals surface area contributed by atoms with Crippen LogP contribution in [0.2, 0.25) is 0 Å². The maximum atomic E-state index is 13.1. The summed E-state index contributed by atoms with van der Waals surface area (Å²) in [6, 6.07) is 6.42. The molecule has 140 valence electrons. The van der Waals surface area contributed by atoms with Crippen molar-refractivity contribution in [3.63, 3.8) is 0 Å². The third-order valence-electron chi connectivity index (χ3n) is 5.36. The number of ether oxygens (including phenoxy) is 2. The van der Waals surface area contributed by atoms with E-state index in [1.807, 2.05) is 13.8 Å². The van der Waals surface area contributed by atoms with Gasteiger partial charge in [0.25, 0.3) is 0 Å². The highest BCUT2D eigenvalue weighted by Crippen LogP contribution is 2.41. The molecule has 1 fully saturated rings. The summed E-state index contributed by atoms with van der Waals surface area (Å²) in [7, 11) is 1.63. The van der Waals surface area contributed by atoms with E-state index in [9.17, 15) is 15.0 Å². The molecule has 5 nitrogen and oxygen atoms in total. The van der Waals surface area contributed by atoms with Crippen molar-refractivity contribution in [2.75, 3.05) is 7.11 Å². The smallest absolute Gasteiger partial charge is 0.175 e. The van der Waals surface area contributed by atoms with Gasteiger partial charge in [-0.1, -0.05) is 23.8 Å². The van der Waals surface area contributed by atoms with Crippen LogP contribution in [0.15, 0.2) is 42.2 Å². The van der Waals surface area contributed by atoms with Crippen molar-refractivity contribution in [2.24, 2.45) is 11.8 Å². The van der Waals surface area contributed by atoms with E-state index in [4.69, 9.17) is 9.47 Å². The predicted molar refractivity (Wildman–Crippen MR) is 98.4 cm³/mol. The Morgan fingerprint density at radius 3 is 2.62 bits per heavy atom. The van der Waals surface area contributed by atoms with Crippen LogP contribution in [0.3, 0.4) is 0 Å². The number of carbonyl (C=O) groups excluding carboxylic acids is 1. The van der Waals surface area contributed by atoms with Crippen LogP contribution in [0.4, 0.5) is 0 Å². The Bertz CT molecular complexity index is 714. The van der Waals surface area contributed by atoms with Gasteiger partial charge in [-0.05, 0) is 38.0 Å². The molecule has 26 heavy (non-hydrogen) atoms. The molecule has 2 N–H and O–H groups in total. The molecule has 5 atom stereocenters. The van der Waals surface area contributed by atoms with E-state index >= 15 is 0 Å². The number of allylic oxidation sites excluding steroid dienone is 3. The number of methoxy groups -OCH3 is 1. The van der Waals surface area contributed by atoms with Gasteiger partial charge in [-0.15, -0.1) is 0 Å². The number of aliphatic hydroxyl groups excluding tert-OH is 1. The van der Waals surface area contributed by atoms with Crippen LogP contribution in [0.5, 0.6) is 5.75 Å². The van der Waals surface area contributed by atoms with Crippen LogP contribution in [-0.2, 0) is 14.3 Å². The normalized spacial score (nSPS) is 30.8. The summed E-state index contributed by atoms with van der Waals surface area (Å²) < 4.78 is 11.4. The first kappa shape index (κ1) is 18.7. The molecule has 0 spiro atoms. The van der Waals surface area contributed by atoms with Crippen LogP contribution in [-0.4, -0.2) is 41.4 Å². The highest BCUT2D eigenvalue weighted by Gasteiger charge is 2.50. The number of phenols is 1. The quantitative estimate of drug-likeness (QED) is 0.809. The molecule has 5 unspecified atom stereocenters. The van der Waals surface area contributed by atoms with Crippen molar-refractivity contribution < 1.29 is 24.5 Å². The Labute approximate surface area is 153 Å². The summed E-state index contributed by atoms with van der Waals surface area (Å²) >= 11 is 0. The number of benzene rings is 1. The van der Waals surface area contributed by atoms with Gasteiger partial charge >= 0.3 is 0 Å². The molecule has 3 rings (SSSR count). The molecule has 0 saturated heterocycles. The summed E-state index contributed by atoms with van der Waals surface area (Å²) in [4.78, 5) is 13.1. The molecule has 2 aliphatic rings. The predicted octanol–water partition coefficient (Wildman–Crippen LogP) is 3.07. The van der Waals surface area contributed by atoms with E-state index < -0.39 is 12.0 Å². The third-order valence-corrected chi connectivity index (χ3v) is 5.36. The summed E-state index contributed by atoms with van der Waals surface area (Å²) in [6.07, 6.45) is 3.42. The fraction of sp³-hybridized carbons (Fsp3) is 0.476. The molecule has 1 heterocycles. The average molecular weight is 358 g/mol. The van der Waals surface area contributed by atoms with Gasteiger partial charge in [-0.2, -0.15) is 0 Å². The van der Waals surface area contributed by atoms with Crippen LogP contribution >= 0.6 is 0 Å². The highest BCUT2D eigenvalue weighted by molar-refractivity contribution is 6.22. The number of carbonyl (C=O) groups is 1. The molecule has 1 saturated carbocycles. The average Bonchev–Trinajstić information content (AvgIpc) is 2.61. The topological polar surface area (TPSA) is 76.0 Å². The van der Waals surface area contributed by atoms with Crippen LogP contribution < -0.4 is 0 Å². The SMILES string of the molecule is COC1CC2OC=C(c3ccc(O)cc3)C(=O)C2C(O)C1CC=C(C)C. The van der Waals surface area contributed by atoms with Gasteiger partial charge in [0.2, 0.25) is 0 Å². The van der Waals surface area contributed by atoms with Crippen molar-refractivity contribution >= 4 is 11.4 Å². The zero-order valence-electron chi connectivity index (χ0n) is 15.4. The second kappa shape index (κ2) is 7.64. The number of Topliss-reactive ketones (excluding diaryl/α,β-unsaturated/α-hetero) is 1. The number of hydrogen-bond donors (Lipinski definition) is 2. The lowest BCUT2D eigenvalue weighted by Crippen LogP contribution is -2.54. The summed E-state index contributed by atoms with van der Waals surface area (Å²) in [5, 5.41) is 20.4. The van der Waals surface area contributed by atoms with Gasteiger partial charge in [-0.25, -0.2) is 0 Å². The van der Waals surface area contributed by atoms with E-state index in [1.165, 1.54) is 24.0 Å². The monoisotopic (exact) mass is 358 g/mol. The number of aromatic hydroxyl groups is 1. The molecule has 1 aliphatic carbocycles. The molecule has 0 bridgehead atoms. The molecular weight excluding hydrogens is 332 g/mol. The minimum Gasteiger partial charge on any atom is -0.508 e. The van der Waals surface area contributed by atoms with Gasteiger partial charge in [0.15, 0.2) is 5.78 Å². The fourth-order valence-corrected chi connectivity index (χ4v) is 3.90. The Kier molecular flexibility index (Phi) is 5.49. The minimum atomic E-state index is -0.831. The number of rotatable bonds is 4. The Morgan fingerprint density at radius 1 is 1.31 bits per heavy atom. The molecule has 0 radical (unpaired) electrons. The minimum absolute atomic E-state index is 0.115. The number of hydrogen-bond acceptors (Lipinski definition) is 5. The van der Waals surface area contributed by atoms with Gasteiger partial charge in [0, 0.05) is 19.4 Å². The van der Waals surface area contributed by atoms with Gasteiger partial charge in [0.05, 0.1) is 30.0 Å². The zero-order chi connectivity index (χ0) is 18.8. The second-order valence-corrected chi connectivity index (χ2v) is 7.32. The van der Waals surface area contributed by atoms with Crippen molar-refractivity contribution in [1.29, 1.82) is 0 Å². The first-order valence-corrected chi connectivity index (χ1v) is 8.96. The van der Waals surface area contributed by atoms with Gasteiger partial charge in [-0.3, -0.25) is 4.79 Å². The van der Waals surface area contributed by atoms with Crippen LogP contribution in [0.25, 0.3) is 5.57 Å². The summed E-state index contributed by atoms with van der Waals surface area (Å²) in [5.41, 5.74) is 2.28. The van der Waals surface area contributed by atoms with Crippen LogP contribution in [0.1, 0.15) is 32.3 Å². The maximum Gasteiger partial charge on any atom is 0.175 e. The van der Waals surface area contributed by atoms with Gasteiger partial charge < -0.3 is 19.7 Å². The van der Waals surface area contributed by atoms with E-state index in [2.05, 4.69) is 6.08 Å². The molecule has 0 aromatic heterocycles. The Balaban J connectivity index is 1.88. The summed E-state index contributed by atoms with van der Waals surface area (Å²) in [6.45, 7) is 4.03. The largest absolute Gasteiger partial charge is 0.508 e. The van der Waals surface area contributed by atoms with Gasteiger partial charge in [0.1, 0.15) is 11.9 Å². The van der Waals surface area contributed by atoms with Crippen molar-refractivity contribution in [3.8, 4) is 5.75 Å². The lowest BCUT2D eigenvalue weighted by atomic mass is 9.69. The lowest BCUT2D eigenvalue weighted by molar-refractivity contribution is -0.151. The molecule has 5 heteroatoms. The molecule has 1 aliphatic heterocycles. The first-order valence-electron chi connectivity index (χ1n) is 8.96. The molecular formula is C21H26O5. The van der Waals surface area contributed by atoms with E-state index in [-0.39, 0.29) is 29.7 Å². The van der Waals surface area contributed by atoms with E-state index in [0.717, 1.165) is 0 Å². The van der Waals surface area contributed by atoms with Crippen molar-refractivity contribution in [2.45, 2.75) is 45.0 Å².